The average Bonchev–Trinajstić information content (AvgIpc) is 2.33. The van der Waals surface area contributed by atoms with Crippen molar-refractivity contribution in [3.05, 3.63) is 33.1 Å². The Morgan fingerprint density at radius 3 is 2.71 bits per heavy atom. The summed E-state index contributed by atoms with van der Waals surface area (Å²) in [4.78, 5) is 22.9. The van der Waals surface area contributed by atoms with Crippen LogP contribution in [0.4, 0.5) is 0 Å². The van der Waals surface area contributed by atoms with Crippen molar-refractivity contribution in [2.45, 2.75) is 13.0 Å². The van der Waals surface area contributed by atoms with E-state index in [1.807, 2.05) is 0 Å². The van der Waals surface area contributed by atoms with Gasteiger partial charge in [0.05, 0.1) is 6.61 Å². The van der Waals surface area contributed by atoms with Gasteiger partial charge in [0.15, 0.2) is 0 Å². The molecule has 0 aromatic carbocycles. The van der Waals surface area contributed by atoms with Crippen molar-refractivity contribution in [1.82, 2.24) is 14.5 Å². The third-order valence-corrected chi connectivity index (χ3v) is 2.47. The Bertz CT molecular complexity index is 450. The van der Waals surface area contributed by atoms with Crippen LogP contribution in [0.3, 0.4) is 0 Å². The number of hydrogen-bond acceptors (Lipinski definition) is 4. The topological polar surface area (TPSA) is 65.3 Å². The molecule has 0 unspecified atom stereocenters. The lowest BCUT2D eigenvalue weighted by molar-refractivity contribution is 0.199. The smallest absolute Gasteiger partial charge is 0.316 e. The molecule has 0 aliphatic rings. The second-order valence-corrected chi connectivity index (χ2v) is 3.81. The van der Waals surface area contributed by atoms with Crippen LogP contribution in [0.15, 0.2) is 22.0 Å². The van der Waals surface area contributed by atoms with Crippen LogP contribution in [-0.2, 0) is 18.3 Å². The maximum absolute atomic E-state index is 11.5. The van der Waals surface area contributed by atoms with Gasteiger partial charge in [-0.25, -0.2) is 0 Å². The second kappa shape index (κ2) is 7.03. The Labute approximate surface area is 99.8 Å². The van der Waals surface area contributed by atoms with Gasteiger partial charge in [0.2, 0.25) is 0 Å². The molecule has 0 radical (unpaired) electrons. The number of ether oxygens (including phenoxy) is 1. The molecule has 6 heteroatoms. The van der Waals surface area contributed by atoms with E-state index in [2.05, 4.69) is 5.32 Å². The van der Waals surface area contributed by atoms with Gasteiger partial charge >= 0.3 is 11.1 Å². The predicted molar refractivity (Wildman–Crippen MR) is 65.3 cm³/mol. The first-order chi connectivity index (χ1) is 8.16. The van der Waals surface area contributed by atoms with Crippen LogP contribution in [0.1, 0.15) is 6.42 Å². The van der Waals surface area contributed by atoms with Crippen molar-refractivity contribution < 1.29 is 4.74 Å². The summed E-state index contributed by atoms with van der Waals surface area (Å²) in [5.74, 6) is 0. The van der Waals surface area contributed by atoms with E-state index in [0.29, 0.717) is 13.2 Å². The van der Waals surface area contributed by atoms with Crippen LogP contribution in [-0.4, -0.2) is 35.9 Å². The van der Waals surface area contributed by atoms with Crippen LogP contribution in [0, 0.1) is 0 Å². The van der Waals surface area contributed by atoms with E-state index in [4.69, 9.17) is 4.74 Å². The number of hydrogen-bond donors (Lipinski definition) is 1. The van der Waals surface area contributed by atoms with Gasteiger partial charge in [-0.2, -0.15) is 0 Å². The lowest BCUT2D eigenvalue weighted by Gasteiger charge is -2.07. The van der Waals surface area contributed by atoms with Crippen LogP contribution in [0.2, 0.25) is 0 Å². The van der Waals surface area contributed by atoms with E-state index in [9.17, 15) is 9.59 Å². The van der Waals surface area contributed by atoms with E-state index in [0.717, 1.165) is 19.5 Å². The highest BCUT2D eigenvalue weighted by molar-refractivity contribution is 4.84. The molecule has 96 valence electrons. The molecule has 1 aromatic heterocycles. The van der Waals surface area contributed by atoms with Gasteiger partial charge in [0.1, 0.15) is 0 Å². The van der Waals surface area contributed by atoms with Gasteiger partial charge < -0.3 is 19.2 Å². The fourth-order valence-electron chi connectivity index (χ4n) is 1.44. The van der Waals surface area contributed by atoms with Gasteiger partial charge in [0.25, 0.3) is 0 Å². The van der Waals surface area contributed by atoms with E-state index in [1.54, 1.807) is 26.6 Å². The molecule has 0 bridgehead atoms. The summed E-state index contributed by atoms with van der Waals surface area (Å²) in [5, 5.41) is 3.18. The molecule has 0 fully saturated rings. The number of aromatic nitrogens is 2. The minimum atomic E-state index is -0.486. The Balaban J connectivity index is 2.40. The number of nitrogens with one attached hydrogen (secondary N) is 1. The van der Waals surface area contributed by atoms with Crippen LogP contribution in [0.25, 0.3) is 0 Å². The predicted octanol–water partition coefficient (Wildman–Crippen LogP) is -0.827. The lowest BCUT2D eigenvalue weighted by atomic mass is 10.4. The van der Waals surface area contributed by atoms with Crippen molar-refractivity contribution in [3.63, 3.8) is 0 Å². The fraction of sp³-hybridized carbons (Fsp3) is 0.636. The van der Waals surface area contributed by atoms with E-state index in [-0.39, 0.29) is 0 Å². The molecule has 6 nitrogen and oxygen atoms in total. The zero-order chi connectivity index (χ0) is 12.7. The first-order valence-electron chi connectivity index (χ1n) is 5.62. The van der Waals surface area contributed by atoms with E-state index >= 15 is 0 Å². The summed E-state index contributed by atoms with van der Waals surface area (Å²) in [5.41, 5.74) is -0.952. The molecule has 1 aromatic rings. The summed E-state index contributed by atoms with van der Waals surface area (Å²) in [6, 6.07) is 0. The van der Waals surface area contributed by atoms with Crippen LogP contribution in [0.5, 0.6) is 0 Å². The largest absolute Gasteiger partial charge is 0.383 e. The highest BCUT2D eigenvalue weighted by atomic mass is 16.5. The SMILES string of the molecule is COCCNCCCn1ccn(C)c(=O)c1=O. The highest BCUT2D eigenvalue weighted by Crippen LogP contribution is 1.84. The third-order valence-electron chi connectivity index (χ3n) is 2.47. The Kier molecular flexibility index (Phi) is 5.65. The second-order valence-electron chi connectivity index (χ2n) is 3.81. The third kappa shape index (κ3) is 4.16. The van der Waals surface area contributed by atoms with Crippen molar-refractivity contribution >= 4 is 0 Å². The van der Waals surface area contributed by atoms with Crippen molar-refractivity contribution in [2.24, 2.45) is 7.05 Å². The first kappa shape index (κ1) is 13.7. The van der Waals surface area contributed by atoms with Crippen molar-refractivity contribution in [1.29, 1.82) is 0 Å². The lowest BCUT2D eigenvalue weighted by Crippen LogP contribution is -2.39. The van der Waals surface area contributed by atoms with Gasteiger partial charge in [-0.1, -0.05) is 0 Å². The number of rotatable bonds is 7. The summed E-state index contributed by atoms with van der Waals surface area (Å²) in [6.45, 7) is 2.81. The monoisotopic (exact) mass is 241 g/mol. The van der Waals surface area contributed by atoms with Crippen LogP contribution < -0.4 is 16.4 Å². The zero-order valence-electron chi connectivity index (χ0n) is 10.3. The minimum Gasteiger partial charge on any atom is -0.383 e. The fourth-order valence-corrected chi connectivity index (χ4v) is 1.44. The number of nitrogens with zero attached hydrogens (tertiary/aromatic N) is 2. The van der Waals surface area contributed by atoms with Crippen molar-refractivity contribution in [2.75, 3.05) is 26.8 Å². The summed E-state index contributed by atoms with van der Waals surface area (Å²) < 4.78 is 7.63. The zero-order valence-corrected chi connectivity index (χ0v) is 10.3. The van der Waals surface area contributed by atoms with Gasteiger partial charge in [-0.3, -0.25) is 9.59 Å². The maximum atomic E-state index is 11.5. The Morgan fingerprint density at radius 1 is 1.24 bits per heavy atom. The Hall–Kier alpha value is -1.40. The maximum Gasteiger partial charge on any atom is 0.316 e. The van der Waals surface area contributed by atoms with E-state index < -0.39 is 11.1 Å². The molecule has 0 amide bonds. The summed E-state index contributed by atoms with van der Waals surface area (Å²) >= 11 is 0. The molecule has 1 N–H and O–H groups in total. The highest BCUT2D eigenvalue weighted by Gasteiger charge is 2.01. The molecule has 0 aliphatic heterocycles. The Morgan fingerprint density at radius 2 is 2.00 bits per heavy atom. The van der Waals surface area contributed by atoms with Gasteiger partial charge in [-0.05, 0) is 13.0 Å². The number of methoxy groups -OCH3 is 1. The molecule has 0 aliphatic carbocycles. The molecular formula is C11H19N3O3. The summed E-state index contributed by atoms with van der Waals surface area (Å²) in [7, 11) is 3.22. The van der Waals surface area contributed by atoms with Crippen LogP contribution >= 0.6 is 0 Å². The average molecular weight is 241 g/mol. The molecule has 0 saturated heterocycles. The molecule has 17 heavy (non-hydrogen) atoms. The molecule has 1 heterocycles. The first-order valence-corrected chi connectivity index (χ1v) is 5.62. The molecule has 0 atom stereocenters. The normalized spacial score (nSPS) is 10.7. The standard InChI is InChI=1S/C11H19N3O3/c1-13-7-8-14(11(16)10(13)15)6-3-4-12-5-9-17-2/h7-8,12H,3-6,9H2,1-2H3. The number of aryl methyl sites for hydroxylation is 2. The quantitative estimate of drug-likeness (QED) is 0.500. The minimum absolute atomic E-state index is 0.466. The molecule has 1 rings (SSSR count). The molecule has 0 saturated carbocycles. The molecular weight excluding hydrogens is 222 g/mol. The summed E-state index contributed by atoms with van der Waals surface area (Å²) in [6.07, 6.45) is 4.04. The van der Waals surface area contributed by atoms with Gasteiger partial charge in [0, 0.05) is 39.6 Å². The van der Waals surface area contributed by atoms with E-state index in [1.165, 1.54) is 9.13 Å². The molecule has 0 spiro atoms. The van der Waals surface area contributed by atoms with Gasteiger partial charge in [-0.15, -0.1) is 0 Å². The van der Waals surface area contributed by atoms with Crippen molar-refractivity contribution in [3.8, 4) is 0 Å².